The molecule has 6 heteroatoms. The number of halogens is 1. The molecule has 0 bridgehead atoms. The molecule has 0 saturated heterocycles. The molecule has 0 radical (unpaired) electrons. The minimum atomic E-state index is -0.408. The van der Waals surface area contributed by atoms with E-state index in [2.05, 4.69) is 27.3 Å². The highest BCUT2D eigenvalue weighted by atomic mass is 19.1. The first-order chi connectivity index (χ1) is 14.3. The molecule has 0 saturated carbocycles. The highest BCUT2D eigenvalue weighted by Crippen LogP contribution is 2.20. The standard InChI is InChI=1S/C24H30FN3O2/c1-24(2,3)27-23(29)30-14-13-28(17-18-7-5-4-6-8-18)12-11-19-16-26-22-10-9-20(25)15-21(19)22/h4-10,15-16,26H,11-14,17H2,1-3H3,(H,27,29). The van der Waals surface area contributed by atoms with E-state index in [0.29, 0.717) is 13.2 Å². The minimum absolute atomic E-state index is 0.234. The molecule has 0 aliphatic carbocycles. The monoisotopic (exact) mass is 411 g/mol. The number of hydrogen-bond acceptors (Lipinski definition) is 3. The van der Waals surface area contributed by atoms with Crippen LogP contribution in [0, 0.1) is 5.82 Å². The number of fused-ring (bicyclic) bond motifs is 1. The van der Waals surface area contributed by atoms with Gasteiger partial charge in [-0.2, -0.15) is 0 Å². The first-order valence-electron chi connectivity index (χ1n) is 10.3. The summed E-state index contributed by atoms with van der Waals surface area (Å²) in [6.07, 6.45) is 2.30. The van der Waals surface area contributed by atoms with Crippen LogP contribution in [0.1, 0.15) is 31.9 Å². The average Bonchev–Trinajstić information content (AvgIpc) is 3.07. The van der Waals surface area contributed by atoms with Gasteiger partial charge in [-0.3, -0.25) is 4.90 Å². The van der Waals surface area contributed by atoms with E-state index in [1.807, 2.05) is 45.2 Å². The largest absolute Gasteiger partial charge is 0.448 e. The number of ether oxygens (including phenoxy) is 1. The van der Waals surface area contributed by atoms with Gasteiger partial charge in [0.25, 0.3) is 0 Å². The van der Waals surface area contributed by atoms with Crippen LogP contribution in [0.3, 0.4) is 0 Å². The zero-order valence-corrected chi connectivity index (χ0v) is 17.9. The number of benzene rings is 2. The highest BCUT2D eigenvalue weighted by Gasteiger charge is 2.15. The Labute approximate surface area is 177 Å². The number of amides is 1. The van der Waals surface area contributed by atoms with Crippen LogP contribution >= 0.6 is 0 Å². The van der Waals surface area contributed by atoms with Gasteiger partial charge in [0, 0.05) is 42.3 Å². The maximum absolute atomic E-state index is 13.7. The van der Waals surface area contributed by atoms with E-state index >= 15 is 0 Å². The van der Waals surface area contributed by atoms with Crippen molar-refractivity contribution >= 4 is 17.0 Å². The predicted octanol–water partition coefficient (Wildman–Crippen LogP) is 4.88. The lowest BCUT2D eigenvalue weighted by molar-refractivity contribution is 0.119. The van der Waals surface area contributed by atoms with Gasteiger partial charge >= 0.3 is 6.09 Å². The Morgan fingerprint density at radius 3 is 2.63 bits per heavy atom. The highest BCUT2D eigenvalue weighted by molar-refractivity contribution is 5.83. The van der Waals surface area contributed by atoms with Crippen molar-refractivity contribution in [3.05, 3.63) is 71.7 Å². The van der Waals surface area contributed by atoms with Gasteiger partial charge in [-0.25, -0.2) is 9.18 Å². The van der Waals surface area contributed by atoms with E-state index in [4.69, 9.17) is 4.74 Å². The number of H-pyrrole nitrogens is 1. The molecule has 30 heavy (non-hydrogen) atoms. The molecule has 5 nitrogen and oxygen atoms in total. The van der Waals surface area contributed by atoms with Crippen LogP contribution in [0.5, 0.6) is 0 Å². The van der Waals surface area contributed by atoms with E-state index in [0.717, 1.165) is 36.0 Å². The fourth-order valence-electron chi connectivity index (χ4n) is 3.36. The van der Waals surface area contributed by atoms with Crippen molar-refractivity contribution in [3.63, 3.8) is 0 Å². The van der Waals surface area contributed by atoms with Crippen molar-refractivity contribution in [1.29, 1.82) is 0 Å². The Kier molecular flexibility index (Phi) is 7.11. The lowest BCUT2D eigenvalue weighted by Gasteiger charge is -2.24. The quantitative estimate of drug-likeness (QED) is 0.556. The van der Waals surface area contributed by atoms with Crippen molar-refractivity contribution in [2.75, 3.05) is 19.7 Å². The Morgan fingerprint density at radius 2 is 1.90 bits per heavy atom. The number of alkyl carbamates (subject to hydrolysis) is 1. The van der Waals surface area contributed by atoms with Crippen molar-refractivity contribution in [1.82, 2.24) is 15.2 Å². The fourth-order valence-corrected chi connectivity index (χ4v) is 3.36. The minimum Gasteiger partial charge on any atom is -0.448 e. The molecule has 2 aromatic carbocycles. The Morgan fingerprint density at radius 1 is 1.13 bits per heavy atom. The van der Waals surface area contributed by atoms with Gasteiger partial charge in [-0.05, 0) is 56.5 Å². The van der Waals surface area contributed by atoms with Crippen molar-refractivity contribution in [2.24, 2.45) is 0 Å². The average molecular weight is 412 g/mol. The van der Waals surface area contributed by atoms with Crippen LogP contribution in [0.25, 0.3) is 10.9 Å². The second kappa shape index (κ2) is 9.76. The van der Waals surface area contributed by atoms with Gasteiger partial charge in [0.2, 0.25) is 0 Å². The molecular formula is C24H30FN3O2. The predicted molar refractivity (Wildman–Crippen MR) is 118 cm³/mol. The molecule has 0 unspecified atom stereocenters. The lowest BCUT2D eigenvalue weighted by Crippen LogP contribution is -2.41. The molecule has 0 atom stereocenters. The molecule has 160 valence electrons. The third kappa shape index (κ3) is 6.59. The summed E-state index contributed by atoms with van der Waals surface area (Å²) in [5, 5.41) is 3.72. The van der Waals surface area contributed by atoms with Gasteiger partial charge < -0.3 is 15.0 Å². The van der Waals surface area contributed by atoms with E-state index in [9.17, 15) is 9.18 Å². The summed E-state index contributed by atoms with van der Waals surface area (Å²) in [6.45, 7) is 8.19. The molecular weight excluding hydrogens is 381 g/mol. The number of nitrogens with zero attached hydrogens (tertiary/aromatic N) is 1. The van der Waals surface area contributed by atoms with Crippen LogP contribution in [-0.2, 0) is 17.7 Å². The smallest absolute Gasteiger partial charge is 0.407 e. The first kappa shape index (κ1) is 21.8. The van der Waals surface area contributed by atoms with E-state index in [1.54, 1.807) is 12.1 Å². The summed E-state index contributed by atoms with van der Waals surface area (Å²) in [5.41, 5.74) is 2.88. The number of carbonyl (C=O) groups excluding carboxylic acids is 1. The Hall–Kier alpha value is -2.86. The summed E-state index contributed by atoms with van der Waals surface area (Å²) in [7, 11) is 0. The van der Waals surface area contributed by atoms with Gasteiger partial charge in [-0.15, -0.1) is 0 Å². The molecule has 0 aliphatic heterocycles. The van der Waals surface area contributed by atoms with Gasteiger partial charge in [-0.1, -0.05) is 30.3 Å². The molecule has 1 heterocycles. The van der Waals surface area contributed by atoms with Crippen LogP contribution in [0.15, 0.2) is 54.7 Å². The van der Waals surface area contributed by atoms with E-state index < -0.39 is 6.09 Å². The second-order valence-electron chi connectivity index (χ2n) is 8.53. The Balaban J connectivity index is 1.62. The van der Waals surface area contributed by atoms with Crippen LogP contribution < -0.4 is 5.32 Å². The normalized spacial score (nSPS) is 11.8. The number of aromatic nitrogens is 1. The SMILES string of the molecule is CC(C)(C)NC(=O)OCCN(CCc1c[nH]c2ccc(F)cc12)Cc1ccccc1. The number of aromatic amines is 1. The summed E-state index contributed by atoms with van der Waals surface area (Å²) >= 11 is 0. The maximum atomic E-state index is 13.7. The molecule has 0 fully saturated rings. The van der Waals surface area contributed by atoms with Crippen LogP contribution in [0.4, 0.5) is 9.18 Å². The van der Waals surface area contributed by atoms with Crippen LogP contribution in [0.2, 0.25) is 0 Å². The summed E-state index contributed by atoms with van der Waals surface area (Å²) in [6, 6.07) is 15.0. The zero-order chi connectivity index (χ0) is 21.6. The maximum Gasteiger partial charge on any atom is 0.407 e. The van der Waals surface area contributed by atoms with Gasteiger partial charge in [0.05, 0.1) is 0 Å². The van der Waals surface area contributed by atoms with E-state index in [-0.39, 0.29) is 11.4 Å². The second-order valence-corrected chi connectivity index (χ2v) is 8.53. The number of nitrogens with one attached hydrogen (secondary N) is 2. The molecule has 3 aromatic rings. The number of hydrogen-bond donors (Lipinski definition) is 2. The molecule has 1 amide bonds. The molecule has 0 aliphatic rings. The van der Waals surface area contributed by atoms with Crippen LogP contribution in [-0.4, -0.2) is 41.2 Å². The number of rotatable bonds is 8. The summed E-state index contributed by atoms with van der Waals surface area (Å²) in [4.78, 5) is 17.4. The fraction of sp³-hybridized carbons (Fsp3) is 0.375. The Bertz CT molecular complexity index is 963. The van der Waals surface area contributed by atoms with Crippen molar-refractivity contribution < 1.29 is 13.9 Å². The third-order valence-electron chi connectivity index (χ3n) is 4.79. The van der Waals surface area contributed by atoms with Gasteiger partial charge in [0.15, 0.2) is 0 Å². The molecule has 3 rings (SSSR count). The van der Waals surface area contributed by atoms with E-state index in [1.165, 1.54) is 11.6 Å². The van der Waals surface area contributed by atoms with Gasteiger partial charge in [0.1, 0.15) is 12.4 Å². The zero-order valence-electron chi connectivity index (χ0n) is 17.9. The number of carbonyl (C=O) groups is 1. The summed E-state index contributed by atoms with van der Waals surface area (Å²) in [5.74, 6) is -0.234. The topological polar surface area (TPSA) is 57.4 Å². The third-order valence-corrected chi connectivity index (χ3v) is 4.79. The van der Waals surface area contributed by atoms with Crippen molar-refractivity contribution in [2.45, 2.75) is 39.3 Å². The summed E-state index contributed by atoms with van der Waals surface area (Å²) < 4.78 is 19.0. The van der Waals surface area contributed by atoms with Crippen molar-refractivity contribution in [3.8, 4) is 0 Å². The lowest BCUT2D eigenvalue weighted by atomic mass is 10.1. The molecule has 1 aromatic heterocycles. The molecule has 2 N–H and O–H groups in total. The molecule has 0 spiro atoms. The first-order valence-corrected chi connectivity index (χ1v) is 10.3.